The Bertz CT molecular complexity index is 798. The normalized spacial score (nSPS) is 10.8. The van der Waals surface area contributed by atoms with Crippen LogP contribution in [0.3, 0.4) is 0 Å². The molecule has 0 aliphatic carbocycles. The smallest absolute Gasteiger partial charge is 0.244 e. The average molecular weight is 321 g/mol. The van der Waals surface area contributed by atoms with Crippen molar-refractivity contribution in [2.75, 3.05) is 0 Å². The lowest BCUT2D eigenvalue weighted by molar-refractivity contribution is -0.116. The van der Waals surface area contributed by atoms with E-state index >= 15 is 0 Å². The van der Waals surface area contributed by atoms with E-state index in [9.17, 15) is 4.79 Å². The number of benzene rings is 1. The Balaban J connectivity index is 1.65. The highest BCUT2D eigenvalue weighted by Crippen LogP contribution is 2.22. The maximum atomic E-state index is 11.9. The molecular formula is C18H15N3OS. The first kappa shape index (κ1) is 15.1. The molecule has 0 unspecified atom stereocenters. The van der Waals surface area contributed by atoms with Gasteiger partial charge in [0, 0.05) is 29.4 Å². The number of hydrogen-bond donors (Lipinski definition) is 1. The number of carbonyl (C=O) groups excluding carboxylic acids is 1. The van der Waals surface area contributed by atoms with Gasteiger partial charge in [0.05, 0.1) is 17.9 Å². The van der Waals surface area contributed by atoms with E-state index in [0.717, 1.165) is 22.5 Å². The zero-order valence-corrected chi connectivity index (χ0v) is 13.2. The summed E-state index contributed by atoms with van der Waals surface area (Å²) in [4.78, 5) is 20.6. The van der Waals surface area contributed by atoms with E-state index in [1.165, 1.54) is 6.08 Å². The standard InChI is InChI=1S/C18H15N3OS/c22-17(7-6-14-4-2-1-3-5-14)21-12-16-18(20-10-9-19-16)15-8-11-23-13-15/h1-11,13H,12H2,(H,21,22)/b7-6+. The van der Waals surface area contributed by atoms with E-state index in [2.05, 4.69) is 15.3 Å². The van der Waals surface area contributed by atoms with Crippen molar-refractivity contribution < 1.29 is 4.79 Å². The molecule has 0 atom stereocenters. The van der Waals surface area contributed by atoms with Gasteiger partial charge in [-0.3, -0.25) is 14.8 Å². The van der Waals surface area contributed by atoms with Crippen molar-refractivity contribution in [2.45, 2.75) is 6.54 Å². The van der Waals surface area contributed by atoms with E-state index in [1.807, 2.05) is 47.2 Å². The van der Waals surface area contributed by atoms with E-state index in [4.69, 9.17) is 0 Å². The largest absolute Gasteiger partial charge is 0.347 e. The Hall–Kier alpha value is -2.79. The number of thiophene rings is 1. The summed E-state index contributed by atoms with van der Waals surface area (Å²) >= 11 is 1.61. The van der Waals surface area contributed by atoms with Gasteiger partial charge in [0.15, 0.2) is 0 Å². The lowest BCUT2D eigenvalue weighted by Crippen LogP contribution is -2.21. The Kier molecular flexibility index (Phi) is 4.91. The molecule has 0 fully saturated rings. The summed E-state index contributed by atoms with van der Waals surface area (Å²) in [7, 11) is 0. The first-order valence-corrected chi connectivity index (χ1v) is 8.10. The second-order valence-electron chi connectivity index (χ2n) is 4.83. The maximum Gasteiger partial charge on any atom is 0.244 e. The van der Waals surface area contributed by atoms with Gasteiger partial charge in [-0.15, -0.1) is 0 Å². The van der Waals surface area contributed by atoms with Gasteiger partial charge in [-0.25, -0.2) is 0 Å². The van der Waals surface area contributed by atoms with Crippen LogP contribution < -0.4 is 5.32 Å². The van der Waals surface area contributed by atoms with Crippen LogP contribution in [0.15, 0.2) is 65.6 Å². The molecular weight excluding hydrogens is 306 g/mol. The molecule has 2 heterocycles. The van der Waals surface area contributed by atoms with Crippen molar-refractivity contribution in [1.82, 2.24) is 15.3 Å². The Morgan fingerprint density at radius 3 is 2.74 bits per heavy atom. The van der Waals surface area contributed by atoms with Crippen LogP contribution in [0.25, 0.3) is 17.3 Å². The predicted molar refractivity (Wildman–Crippen MR) is 92.7 cm³/mol. The van der Waals surface area contributed by atoms with Crippen LogP contribution in [0.1, 0.15) is 11.3 Å². The van der Waals surface area contributed by atoms with Crippen LogP contribution in [-0.4, -0.2) is 15.9 Å². The van der Waals surface area contributed by atoms with Gasteiger partial charge >= 0.3 is 0 Å². The minimum Gasteiger partial charge on any atom is -0.347 e. The summed E-state index contributed by atoms with van der Waals surface area (Å²) in [6, 6.07) is 11.7. The molecule has 23 heavy (non-hydrogen) atoms. The molecule has 0 bridgehead atoms. The molecule has 1 N–H and O–H groups in total. The third kappa shape index (κ3) is 4.11. The molecule has 1 amide bonds. The first-order valence-electron chi connectivity index (χ1n) is 7.16. The van der Waals surface area contributed by atoms with Gasteiger partial charge in [0.25, 0.3) is 0 Å². The summed E-state index contributed by atoms with van der Waals surface area (Å²) < 4.78 is 0. The van der Waals surface area contributed by atoms with Crippen molar-refractivity contribution in [3.63, 3.8) is 0 Å². The molecule has 0 aliphatic heterocycles. The molecule has 3 aromatic rings. The molecule has 4 nitrogen and oxygen atoms in total. The average Bonchev–Trinajstić information content (AvgIpc) is 3.14. The van der Waals surface area contributed by atoms with Crippen LogP contribution in [0.2, 0.25) is 0 Å². The molecule has 1 aromatic carbocycles. The van der Waals surface area contributed by atoms with Crippen LogP contribution in [-0.2, 0) is 11.3 Å². The fourth-order valence-electron chi connectivity index (χ4n) is 2.10. The monoisotopic (exact) mass is 321 g/mol. The van der Waals surface area contributed by atoms with Gasteiger partial charge < -0.3 is 5.32 Å². The maximum absolute atomic E-state index is 11.9. The lowest BCUT2D eigenvalue weighted by Gasteiger charge is -2.06. The Morgan fingerprint density at radius 2 is 1.96 bits per heavy atom. The summed E-state index contributed by atoms with van der Waals surface area (Å²) in [6.45, 7) is 0.344. The Labute approximate surface area is 138 Å². The minimum atomic E-state index is -0.157. The molecule has 0 radical (unpaired) electrons. The quantitative estimate of drug-likeness (QED) is 0.731. The number of rotatable bonds is 5. The van der Waals surface area contributed by atoms with Gasteiger partial charge in [0.2, 0.25) is 5.91 Å². The molecule has 0 saturated heterocycles. The van der Waals surface area contributed by atoms with Gasteiger partial charge in [-0.05, 0) is 23.1 Å². The summed E-state index contributed by atoms with van der Waals surface area (Å²) in [5, 5.41) is 6.86. The molecule has 0 saturated carbocycles. The Morgan fingerprint density at radius 1 is 1.13 bits per heavy atom. The molecule has 0 spiro atoms. The fraction of sp³-hybridized carbons (Fsp3) is 0.0556. The predicted octanol–water partition coefficient (Wildman–Crippen LogP) is 3.53. The molecule has 3 rings (SSSR count). The van der Waals surface area contributed by atoms with E-state index in [1.54, 1.807) is 29.8 Å². The lowest BCUT2D eigenvalue weighted by atomic mass is 10.2. The van der Waals surface area contributed by atoms with Crippen LogP contribution >= 0.6 is 11.3 Å². The second kappa shape index (κ2) is 7.47. The first-order chi connectivity index (χ1) is 11.3. The van der Waals surface area contributed by atoms with Crippen LogP contribution in [0, 0.1) is 0 Å². The van der Waals surface area contributed by atoms with E-state index in [-0.39, 0.29) is 5.91 Å². The molecule has 114 valence electrons. The zero-order chi connectivity index (χ0) is 15.9. The van der Waals surface area contributed by atoms with E-state index in [0.29, 0.717) is 6.54 Å². The summed E-state index contributed by atoms with van der Waals surface area (Å²) in [6.07, 6.45) is 6.60. The van der Waals surface area contributed by atoms with Crippen LogP contribution in [0.4, 0.5) is 0 Å². The molecule has 2 aromatic heterocycles. The highest BCUT2D eigenvalue weighted by Gasteiger charge is 2.08. The van der Waals surface area contributed by atoms with Crippen molar-refractivity contribution in [3.05, 3.63) is 76.9 Å². The van der Waals surface area contributed by atoms with Crippen molar-refractivity contribution >= 4 is 23.3 Å². The topological polar surface area (TPSA) is 54.9 Å². The van der Waals surface area contributed by atoms with Crippen LogP contribution in [0.5, 0.6) is 0 Å². The fourth-order valence-corrected chi connectivity index (χ4v) is 2.74. The number of nitrogens with zero attached hydrogens (tertiary/aromatic N) is 2. The van der Waals surface area contributed by atoms with Gasteiger partial charge in [-0.2, -0.15) is 11.3 Å². The highest BCUT2D eigenvalue weighted by atomic mass is 32.1. The highest BCUT2D eigenvalue weighted by molar-refractivity contribution is 7.08. The number of carbonyl (C=O) groups is 1. The third-order valence-corrected chi connectivity index (χ3v) is 3.91. The van der Waals surface area contributed by atoms with Gasteiger partial charge in [-0.1, -0.05) is 30.3 Å². The minimum absolute atomic E-state index is 0.157. The molecule has 5 heteroatoms. The third-order valence-electron chi connectivity index (χ3n) is 3.23. The second-order valence-corrected chi connectivity index (χ2v) is 5.61. The SMILES string of the molecule is O=C(/C=C/c1ccccc1)NCc1nccnc1-c1ccsc1. The number of hydrogen-bond acceptors (Lipinski definition) is 4. The summed E-state index contributed by atoms with van der Waals surface area (Å²) in [5.41, 5.74) is 3.57. The number of amides is 1. The number of aromatic nitrogens is 2. The molecule has 0 aliphatic rings. The zero-order valence-electron chi connectivity index (χ0n) is 12.3. The van der Waals surface area contributed by atoms with Gasteiger partial charge in [0.1, 0.15) is 0 Å². The van der Waals surface area contributed by atoms with Crippen molar-refractivity contribution in [1.29, 1.82) is 0 Å². The summed E-state index contributed by atoms with van der Waals surface area (Å²) in [5.74, 6) is -0.157. The van der Waals surface area contributed by atoms with Crippen molar-refractivity contribution in [3.8, 4) is 11.3 Å². The van der Waals surface area contributed by atoms with Crippen molar-refractivity contribution in [2.24, 2.45) is 0 Å². The number of nitrogens with one attached hydrogen (secondary N) is 1. The van der Waals surface area contributed by atoms with E-state index < -0.39 is 0 Å².